The summed E-state index contributed by atoms with van der Waals surface area (Å²) in [4.78, 5) is 25.2. The molecule has 3 N–H and O–H groups in total. The number of nitrogens with zero attached hydrogens (tertiary/aromatic N) is 4. The monoisotopic (exact) mass is 708 g/mol. The number of hydrogen-bond donors (Lipinski definition) is 3. The Hall–Kier alpha value is -5.08. The van der Waals surface area contributed by atoms with Gasteiger partial charge in [-0.05, 0) is 55.9 Å². The number of carbonyl (C=O) groups is 2. The highest BCUT2D eigenvalue weighted by Gasteiger charge is 2.33. The van der Waals surface area contributed by atoms with Gasteiger partial charge in [-0.15, -0.1) is 5.10 Å². The second-order valence-electron chi connectivity index (χ2n) is 12.2. The molecule has 1 aliphatic heterocycles. The molecule has 0 radical (unpaired) electrons. The van der Waals surface area contributed by atoms with Crippen molar-refractivity contribution in [1.29, 1.82) is 0 Å². The van der Waals surface area contributed by atoms with Crippen LogP contribution in [0.5, 0.6) is 0 Å². The van der Waals surface area contributed by atoms with Gasteiger partial charge in [0.25, 0.3) is 0 Å². The summed E-state index contributed by atoms with van der Waals surface area (Å²) in [5.41, 5.74) is 6.44. The second kappa shape index (κ2) is 17.2. The highest BCUT2D eigenvalue weighted by atomic mass is 32.2. The number of ether oxygens (including phenoxy) is 3. The van der Waals surface area contributed by atoms with Crippen LogP contribution in [0.4, 0.5) is 4.79 Å². The molecule has 1 aliphatic rings. The fourth-order valence-electron chi connectivity index (χ4n) is 5.84. The average Bonchev–Trinajstić information content (AvgIpc) is 3.60. The van der Waals surface area contributed by atoms with E-state index in [1.54, 1.807) is 11.7 Å². The molecule has 4 aromatic carbocycles. The SMILES string of the molecule is COC(=O)[C@H](Cc1ccccc1)NC(=O)NCc1cccc(-c2cccc([C@@H]3O[C@H](CSc4nnnn4C)C[C@H](c4ccc(CO)cc4)O3)c2)c1. The predicted octanol–water partition coefficient (Wildman–Crippen LogP) is 5.29. The molecule has 0 aliphatic carbocycles. The van der Waals surface area contributed by atoms with E-state index >= 15 is 0 Å². The van der Waals surface area contributed by atoms with Crippen molar-refractivity contribution >= 4 is 23.8 Å². The zero-order chi connectivity index (χ0) is 35.6. The molecular formula is C38H40N6O6S. The van der Waals surface area contributed by atoms with E-state index in [-0.39, 0.29) is 25.4 Å². The Labute approximate surface area is 300 Å². The fourth-order valence-corrected chi connectivity index (χ4v) is 6.70. The lowest BCUT2D eigenvalue weighted by Gasteiger charge is -2.36. The van der Waals surface area contributed by atoms with Crippen LogP contribution in [0.15, 0.2) is 108 Å². The van der Waals surface area contributed by atoms with Gasteiger partial charge in [0.1, 0.15) is 6.04 Å². The lowest BCUT2D eigenvalue weighted by Crippen LogP contribution is -2.47. The largest absolute Gasteiger partial charge is 0.467 e. The Bertz CT molecular complexity index is 1910. The molecule has 0 spiro atoms. The van der Waals surface area contributed by atoms with Crippen LogP contribution < -0.4 is 10.6 Å². The van der Waals surface area contributed by atoms with Gasteiger partial charge in [-0.1, -0.05) is 103 Å². The first-order valence-corrected chi connectivity index (χ1v) is 17.6. The third kappa shape index (κ3) is 9.58. The minimum Gasteiger partial charge on any atom is -0.467 e. The number of benzene rings is 4. The van der Waals surface area contributed by atoms with Gasteiger partial charge in [0.2, 0.25) is 5.16 Å². The van der Waals surface area contributed by atoms with Gasteiger partial charge in [-0.2, -0.15) is 0 Å². The molecular weight excluding hydrogens is 669 g/mol. The Kier molecular flexibility index (Phi) is 12.1. The summed E-state index contributed by atoms with van der Waals surface area (Å²) >= 11 is 1.53. The first kappa shape index (κ1) is 35.7. The molecule has 0 saturated carbocycles. The number of aliphatic hydroxyl groups is 1. The lowest BCUT2D eigenvalue weighted by atomic mass is 9.99. The van der Waals surface area contributed by atoms with Crippen molar-refractivity contribution in [3.63, 3.8) is 0 Å². The number of thioether (sulfide) groups is 1. The molecule has 4 atom stereocenters. The van der Waals surface area contributed by atoms with Crippen LogP contribution in [-0.2, 0) is 45.6 Å². The molecule has 13 heteroatoms. The van der Waals surface area contributed by atoms with Crippen molar-refractivity contribution < 1.29 is 28.9 Å². The number of methoxy groups -OCH3 is 1. The topological polar surface area (TPSA) is 150 Å². The van der Waals surface area contributed by atoms with Crippen molar-refractivity contribution in [1.82, 2.24) is 30.8 Å². The van der Waals surface area contributed by atoms with E-state index in [2.05, 4.69) is 32.2 Å². The number of nitrogens with one attached hydrogen (secondary N) is 2. The molecule has 51 heavy (non-hydrogen) atoms. The zero-order valence-electron chi connectivity index (χ0n) is 28.3. The van der Waals surface area contributed by atoms with Crippen LogP contribution >= 0.6 is 11.8 Å². The first-order valence-electron chi connectivity index (χ1n) is 16.6. The summed E-state index contributed by atoms with van der Waals surface area (Å²) in [7, 11) is 3.11. The standard InChI is InChI=1S/C38H40N6O6S/c1-44-38(41-42-43-44)51-24-32-21-34(28-16-14-26(23-45)15-17-28)50-36(49-32)31-13-7-12-30(20-31)29-11-6-10-27(18-29)22-39-37(47)40-33(35(46)48-2)19-25-8-4-3-5-9-25/h3-18,20,32-34,36,45H,19,21-24H2,1-2H3,(H2,39,40,47)/t32-,33-,34+,36+/m0/s1. The summed E-state index contributed by atoms with van der Waals surface area (Å²) in [6.45, 7) is 0.231. The molecule has 2 amide bonds. The van der Waals surface area contributed by atoms with Gasteiger partial charge < -0.3 is 30.0 Å². The van der Waals surface area contributed by atoms with Crippen LogP contribution in [0.1, 0.15) is 46.6 Å². The van der Waals surface area contributed by atoms with Crippen molar-refractivity contribution in [3.05, 3.63) is 131 Å². The minimum atomic E-state index is -0.822. The third-order valence-electron chi connectivity index (χ3n) is 8.54. The molecule has 264 valence electrons. The highest BCUT2D eigenvalue weighted by molar-refractivity contribution is 7.99. The van der Waals surface area contributed by atoms with E-state index < -0.39 is 24.3 Å². The number of rotatable bonds is 13. The quantitative estimate of drug-likeness (QED) is 0.109. The van der Waals surface area contributed by atoms with E-state index in [1.807, 2.05) is 97.1 Å². The van der Waals surface area contributed by atoms with Crippen LogP contribution in [0.3, 0.4) is 0 Å². The smallest absolute Gasteiger partial charge is 0.328 e. The van der Waals surface area contributed by atoms with Crippen molar-refractivity contribution in [3.8, 4) is 11.1 Å². The zero-order valence-corrected chi connectivity index (χ0v) is 29.2. The van der Waals surface area contributed by atoms with Gasteiger partial charge in [0.15, 0.2) is 6.29 Å². The maximum Gasteiger partial charge on any atom is 0.328 e. The summed E-state index contributed by atoms with van der Waals surface area (Å²) < 4.78 is 19.7. The molecule has 0 bridgehead atoms. The average molecular weight is 709 g/mol. The van der Waals surface area contributed by atoms with E-state index in [0.717, 1.165) is 38.9 Å². The number of hydrogen-bond acceptors (Lipinski definition) is 10. The molecule has 1 aromatic heterocycles. The van der Waals surface area contributed by atoms with E-state index in [0.29, 0.717) is 23.8 Å². The number of tetrazole rings is 1. The van der Waals surface area contributed by atoms with Crippen LogP contribution in [-0.4, -0.2) is 62.3 Å². The number of carbonyl (C=O) groups excluding carboxylic acids is 2. The molecule has 2 heterocycles. The van der Waals surface area contributed by atoms with Gasteiger partial charge in [0, 0.05) is 37.8 Å². The summed E-state index contributed by atoms with van der Waals surface area (Å²) in [6.07, 6.45) is -0.0469. The highest BCUT2D eigenvalue weighted by Crippen LogP contribution is 2.40. The Morgan fingerprint density at radius 3 is 2.39 bits per heavy atom. The van der Waals surface area contributed by atoms with Gasteiger partial charge in [-0.25, -0.2) is 14.3 Å². The summed E-state index contributed by atoms with van der Waals surface area (Å²) in [6, 6.07) is 31.9. The van der Waals surface area contributed by atoms with E-state index in [4.69, 9.17) is 14.2 Å². The number of aromatic nitrogens is 4. The van der Waals surface area contributed by atoms with E-state index in [9.17, 15) is 14.7 Å². The summed E-state index contributed by atoms with van der Waals surface area (Å²) in [5.74, 6) is 0.120. The Morgan fingerprint density at radius 2 is 1.67 bits per heavy atom. The molecule has 1 fully saturated rings. The minimum absolute atomic E-state index is 0.0234. The van der Waals surface area contributed by atoms with Crippen molar-refractivity contribution in [2.75, 3.05) is 12.9 Å². The van der Waals surface area contributed by atoms with Gasteiger partial charge >= 0.3 is 12.0 Å². The molecule has 5 aromatic rings. The second-order valence-corrected chi connectivity index (χ2v) is 13.2. The normalized spacial score (nSPS) is 17.7. The predicted molar refractivity (Wildman–Crippen MR) is 191 cm³/mol. The van der Waals surface area contributed by atoms with Crippen LogP contribution in [0, 0.1) is 0 Å². The summed E-state index contributed by atoms with van der Waals surface area (Å²) in [5, 5.41) is 27.6. The van der Waals surface area contributed by atoms with Crippen LogP contribution in [0.25, 0.3) is 11.1 Å². The lowest BCUT2D eigenvalue weighted by molar-refractivity contribution is -0.245. The number of amides is 2. The first-order chi connectivity index (χ1) is 24.9. The van der Waals surface area contributed by atoms with E-state index in [1.165, 1.54) is 18.9 Å². The van der Waals surface area contributed by atoms with Crippen LogP contribution in [0.2, 0.25) is 0 Å². The maximum absolute atomic E-state index is 12.8. The number of esters is 1. The van der Waals surface area contributed by atoms with Crippen molar-refractivity contribution in [2.45, 2.75) is 55.7 Å². The molecule has 6 rings (SSSR count). The number of aliphatic hydroxyl groups excluding tert-OH is 1. The van der Waals surface area contributed by atoms with Crippen molar-refractivity contribution in [2.24, 2.45) is 7.05 Å². The molecule has 1 saturated heterocycles. The Balaban J connectivity index is 1.14. The Morgan fingerprint density at radius 1 is 0.922 bits per heavy atom. The third-order valence-corrected chi connectivity index (χ3v) is 9.68. The van der Waals surface area contributed by atoms with Gasteiger partial charge in [-0.3, -0.25) is 0 Å². The molecule has 12 nitrogen and oxygen atoms in total. The number of aryl methyl sites for hydroxylation is 1. The number of urea groups is 1. The molecule has 0 unspecified atom stereocenters. The fraction of sp³-hybridized carbons (Fsp3) is 0.289. The maximum atomic E-state index is 12.8. The van der Waals surface area contributed by atoms with Gasteiger partial charge in [0.05, 0.1) is 25.9 Å².